The number of fused-ring (bicyclic) bond motifs is 1. The zero-order valence-electron chi connectivity index (χ0n) is 19.4. The molecule has 1 saturated carbocycles. The molecule has 2 aromatic rings. The molecule has 0 aromatic heterocycles. The van der Waals surface area contributed by atoms with Gasteiger partial charge in [0, 0.05) is 23.3 Å². The average molecular weight is 448 g/mol. The van der Waals surface area contributed by atoms with Crippen molar-refractivity contribution >= 4 is 23.4 Å². The second-order valence-corrected chi connectivity index (χ2v) is 9.53. The van der Waals surface area contributed by atoms with Gasteiger partial charge in [-0.25, -0.2) is 0 Å². The van der Waals surface area contributed by atoms with E-state index in [1.54, 1.807) is 0 Å². The average Bonchev–Trinajstić information content (AvgIpc) is 3.20. The number of nitrogens with one attached hydrogen (secondary N) is 2. The topological polar surface area (TPSA) is 78.5 Å². The molecular weight excluding hydrogens is 414 g/mol. The van der Waals surface area contributed by atoms with E-state index in [0.29, 0.717) is 30.0 Å². The Hall–Kier alpha value is -3.15. The number of carbonyl (C=O) groups is 3. The van der Waals surface area contributed by atoms with E-state index >= 15 is 0 Å². The van der Waals surface area contributed by atoms with Crippen LogP contribution in [-0.4, -0.2) is 40.7 Å². The summed E-state index contributed by atoms with van der Waals surface area (Å²) in [5.74, 6) is 0.157. The maximum Gasteiger partial charge on any atom is 0.254 e. The normalized spacial score (nSPS) is 22.0. The second kappa shape index (κ2) is 10.2. The quantitative estimate of drug-likeness (QED) is 0.698. The van der Waals surface area contributed by atoms with Crippen LogP contribution in [0.2, 0.25) is 0 Å². The number of amides is 3. The van der Waals surface area contributed by atoms with Crippen LogP contribution in [-0.2, 0) is 16.0 Å². The molecule has 2 fully saturated rings. The summed E-state index contributed by atoms with van der Waals surface area (Å²) in [6, 6.07) is 16.4. The Kier molecular flexibility index (Phi) is 7.11. The molecule has 1 aliphatic carbocycles. The lowest BCUT2D eigenvalue weighted by molar-refractivity contribution is -0.121. The van der Waals surface area contributed by atoms with E-state index in [0.717, 1.165) is 31.2 Å². The van der Waals surface area contributed by atoms with Gasteiger partial charge in [-0.05, 0) is 68.9 Å². The molecule has 2 N–H and O–H groups in total. The maximum atomic E-state index is 13.4. The van der Waals surface area contributed by atoms with Crippen LogP contribution >= 0.6 is 0 Å². The molecule has 174 valence electrons. The Labute approximate surface area is 195 Å². The lowest BCUT2D eigenvalue weighted by Crippen LogP contribution is -2.47. The van der Waals surface area contributed by atoms with Crippen LogP contribution in [0, 0.1) is 5.92 Å². The Morgan fingerprint density at radius 3 is 2.36 bits per heavy atom. The third-order valence-corrected chi connectivity index (χ3v) is 6.68. The van der Waals surface area contributed by atoms with Gasteiger partial charge in [-0.2, -0.15) is 0 Å². The lowest BCUT2D eigenvalue weighted by Gasteiger charge is -2.33. The highest BCUT2D eigenvalue weighted by atomic mass is 16.2. The van der Waals surface area contributed by atoms with E-state index in [2.05, 4.69) is 10.6 Å². The van der Waals surface area contributed by atoms with E-state index in [4.69, 9.17) is 0 Å². The maximum absolute atomic E-state index is 13.4. The van der Waals surface area contributed by atoms with Crippen molar-refractivity contribution in [3.8, 4) is 0 Å². The Balaban J connectivity index is 1.46. The fourth-order valence-electron chi connectivity index (χ4n) is 5.21. The van der Waals surface area contributed by atoms with Crippen molar-refractivity contribution in [1.29, 1.82) is 0 Å². The Morgan fingerprint density at radius 2 is 1.67 bits per heavy atom. The zero-order valence-corrected chi connectivity index (χ0v) is 19.4. The summed E-state index contributed by atoms with van der Waals surface area (Å²) < 4.78 is 0. The van der Waals surface area contributed by atoms with Gasteiger partial charge in [-0.15, -0.1) is 0 Å². The smallest absolute Gasteiger partial charge is 0.254 e. The minimum atomic E-state index is -0.470. The van der Waals surface area contributed by atoms with Crippen LogP contribution in [0.3, 0.4) is 0 Å². The summed E-state index contributed by atoms with van der Waals surface area (Å²) in [5.41, 5.74) is 2.19. The van der Waals surface area contributed by atoms with Gasteiger partial charge in [0.05, 0.1) is 6.42 Å². The second-order valence-electron chi connectivity index (χ2n) is 9.53. The molecule has 3 amide bonds. The van der Waals surface area contributed by atoms with Crippen molar-refractivity contribution in [2.75, 3.05) is 5.32 Å². The molecule has 2 aliphatic rings. The largest absolute Gasteiger partial charge is 0.354 e. The number of hydrogen-bond donors (Lipinski definition) is 2. The van der Waals surface area contributed by atoms with Crippen molar-refractivity contribution in [1.82, 2.24) is 10.2 Å². The fourth-order valence-corrected chi connectivity index (χ4v) is 5.21. The van der Waals surface area contributed by atoms with E-state index in [-0.39, 0.29) is 29.8 Å². The minimum Gasteiger partial charge on any atom is -0.354 e. The number of rotatable bonds is 6. The highest BCUT2D eigenvalue weighted by Crippen LogP contribution is 2.40. The molecule has 2 aromatic carbocycles. The highest BCUT2D eigenvalue weighted by Gasteiger charge is 2.47. The highest BCUT2D eigenvalue weighted by molar-refractivity contribution is 6.01. The van der Waals surface area contributed by atoms with Gasteiger partial charge < -0.3 is 15.5 Å². The standard InChI is InChI=1S/C27H33N3O3/c1-18(2)28-25(31)16-19-12-14-22(15-13-19)29-26(32)24-17-21-10-6-7-11-23(21)30(24)27(33)20-8-4-3-5-9-20/h3-5,8-9,12-15,18,21,23-24H,6-7,10-11,16-17H2,1-2H3,(H,28,31)(H,29,32). The van der Waals surface area contributed by atoms with Crippen LogP contribution in [0.15, 0.2) is 54.6 Å². The summed E-state index contributed by atoms with van der Waals surface area (Å²) in [4.78, 5) is 40.5. The monoisotopic (exact) mass is 447 g/mol. The Morgan fingerprint density at radius 1 is 0.970 bits per heavy atom. The van der Waals surface area contributed by atoms with Gasteiger partial charge >= 0.3 is 0 Å². The van der Waals surface area contributed by atoms with Crippen molar-refractivity contribution in [3.63, 3.8) is 0 Å². The van der Waals surface area contributed by atoms with Crippen molar-refractivity contribution in [2.45, 2.75) is 70.5 Å². The predicted octanol–water partition coefficient (Wildman–Crippen LogP) is 4.17. The van der Waals surface area contributed by atoms with Crippen molar-refractivity contribution in [2.24, 2.45) is 5.92 Å². The first-order chi connectivity index (χ1) is 15.9. The molecule has 6 nitrogen and oxygen atoms in total. The number of hydrogen-bond acceptors (Lipinski definition) is 3. The molecule has 33 heavy (non-hydrogen) atoms. The van der Waals surface area contributed by atoms with E-state index in [1.807, 2.05) is 73.3 Å². The fraction of sp³-hybridized carbons (Fsp3) is 0.444. The number of benzene rings is 2. The number of anilines is 1. The molecule has 1 heterocycles. The summed E-state index contributed by atoms with van der Waals surface area (Å²) in [6.45, 7) is 3.86. The molecule has 3 atom stereocenters. The van der Waals surface area contributed by atoms with Gasteiger partial charge in [0.25, 0.3) is 5.91 Å². The van der Waals surface area contributed by atoms with Crippen LogP contribution in [0.1, 0.15) is 61.9 Å². The Bertz CT molecular complexity index is 987. The molecule has 0 radical (unpaired) electrons. The number of nitrogens with zero attached hydrogens (tertiary/aromatic N) is 1. The summed E-state index contributed by atoms with van der Waals surface area (Å²) >= 11 is 0. The van der Waals surface area contributed by atoms with E-state index in [1.165, 1.54) is 0 Å². The third-order valence-electron chi connectivity index (χ3n) is 6.68. The van der Waals surface area contributed by atoms with E-state index in [9.17, 15) is 14.4 Å². The SMILES string of the molecule is CC(C)NC(=O)Cc1ccc(NC(=O)C2CC3CCCCC3N2C(=O)c2ccccc2)cc1. The van der Waals surface area contributed by atoms with Crippen LogP contribution in [0.5, 0.6) is 0 Å². The molecular formula is C27H33N3O3. The first kappa shape index (κ1) is 23.0. The van der Waals surface area contributed by atoms with Gasteiger partial charge in [-0.1, -0.05) is 43.2 Å². The summed E-state index contributed by atoms with van der Waals surface area (Å²) in [7, 11) is 0. The first-order valence-electron chi connectivity index (χ1n) is 12.0. The molecule has 6 heteroatoms. The first-order valence-corrected chi connectivity index (χ1v) is 12.0. The third kappa shape index (κ3) is 5.44. The minimum absolute atomic E-state index is 0.0228. The van der Waals surface area contributed by atoms with Crippen molar-refractivity contribution < 1.29 is 14.4 Å². The van der Waals surface area contributed by atoms with Crippen LogP contribution in [0.25, 0.3) is 0 Å². The molecule has 0 bridgehead atoms. The number of likely N-dealkylation sites (tertiary alicyclic amines) is 1. The van der Waals surface area contributed by atoms with Gasteiger partial charge in [0.2, 0.25) is 11.8 Å². The van der Waals surface area contributed by atoms with Crippen LogP contribution in [0.4, 0.5) is 5.69 Å². The predicted molar refractivity (Wildman–Crippen MR) is 129 cm³/mol. The number of carbonyl (C=O) groups excluding carboxylic acids is 3. The summed E-state index contributed by atoms with van der Waals surface area (Å²) in [5, 5.41) is 5.89. The van der Waals surface area contributed by atoms with Crippen LogP contribution < -0.4 is 10.6 Å². The van der Waals surface area contributed by atoms with Crippen molar-refractivity contribution in [3.05, 3.63) is 65.7 Å². The van der Waals surface area contributed by atoms with Gasteiger partial charge in [0.15, 0.2) is 0 Å². The molecule has 1 aliphatic heterocycles. The molecule has 1 saturated heterocycles. The molecule has 4 rings (SSSR count). The molecule has 0 spiro atoms. The van der Waals surface area contributed by atoms with Gasteiger partial charge in [-0.3, -0.25) is 14.4 Å². The zero-order chi connectivity index (χ0) is 23.4. The lowest BCUT2D eigenvalue weighted by atomic mass is 9.84. The summed E-state index contributed by atoms with van der Waals surface area (Å²) in [6.07, 6.45) is 5.30. The molecule has 3 unspecified atom stereocenters. The van der Waals surface area contributed by atoms with Gasteiger partial charge in [0.1, 0.15) is 6.04 Å². The van der Waals surface area contributed by atoms with E-state index < -0.39 is 6.04 Å².